The Balaban J connectivity index is 1.56. The monoisotopic (exact) mass is 435 g/mol. The van der Waals surface area contributed by atoms with Gasteiger partial charge in [-0.15, -0.1) is 0 Å². The van der Waals surface area contributed by atoms with Crippen molar-refractivity contribution in [1.82, 2.24) is 15.3 Å². The number of rotatable bonds is 8. The number of amides is 1. The van der Waals surface area contributed by atoms with Crippen LogP contribution in [-0.2, 0) is 14.6 Å². The van der Waals surface area contributed by atoms with Crippen LogP contribution in [0.4, 0.5) is 0 Å². The molecule has 9 nitrogen and oxygen atoms in total. The average Bonchev–Trinajstić information content (AvgIpc) is 2.79. The van der Waals surface area contributed by atoms with Gasteiger partial charge in [0.25, 0.3) is 5.91 Å². The summed E-state index contributed by atoms with van der Waals surface area (Å²) in [5.74, 6) is -0.185. The van der Waals surface area contributed by atoms with Gasteiger partial charge in [-0.25, -0.2) is 8.42 Å². The van der Waals surface area contributed by atoms with Gasteiger partial charge in [0.1, 0.15) is 5.69 Å². The average molecular weight is 436 g/mol. The largest absolute Gasteiger partial charge is 0.481 e. The molecule has 1 fully saturated rings. The number of methoxy groups -OCH3 is 2. The molecule has 0 unspecified atom stereocenters. The third-order valence-electron chi connectivity index (χ3n) is 4.89. The minimum Gasteiger partial charge on any atom is -0.481 e. The highest BCUT2D eigenvalue weighted by atomic mass is 32.2. The van der Waals surface area contributed by atoms with Crippen LogP contribution in [0.2, 0.25) is 0 Å². The molecule has 2 aromatic rings. The molecule has 162 valence electrons. The Bertz CT molecular complexity index is 946. The SMILES string of the molecule is COc1cc(C(=O)NCC[C@@H]2C[C@@H](S(=O)(=O)c3ccccc3)CCO2)nc(OC)n1. The highest BCUT2D eigenvalue weighted by molar-refractivity contribution is 7.92. The van der Waals surface area contributed by atoms with Crippen molar-refractivity contribution in [3.63, 3.8) is 0 Å². The zero-order chi connectivity index (χ0) is 21.6. The van der Waals surface area contributed by atoms with Crippen LogP contribution in [0.15, 0.2) is 41.3 Å². The fourth-order valence-electron chi connectivity index (χ4n) is 3.28. The molecule has 0 saturated carbocycles. The predicted octanol–water partition coefficient (Wildman–Crippen LogP) is 1.64. The minimum atomic E-state index is -3.41. The maximum Gasteiger partial charge on any atom is 0.320 e. The maximum absolute atomic E-state index is 12.9. The number of hydrogen-bond acceptors (Lipinski definition) is 8. The van der Waals surface area contributed by atoms with Crippen molar-refractivity contribution in [1.29, 1.82) is 0 Å². The number of ether oxygens (including phenoxy) is 3. The molecule has 2 atom stereocenters. The lowest BCUT2D eigenvalue weighted by Crippen LogP contribution is -2.37. The number of carbonyl (C=O) groups excluding carboxylic acids is 1. The van der Waals surface area contributed by atoms with Crippen LogP contribution < -0.4 is 14.8 Å². The smallest absolute Gasteiger partial charge is 0.320 e. The molecular weight excluding hydrogens is 410 g/mol. The first-order valence-corrected chi connectivity index (χ1v) is 11.1. The molecule has 1 saturated heterocycles. The van der Waals surface area contributed by atoms with E-state index in [-0.39, 0.29) is 23.7 Å². The van der Waals surface area contributed by atoms with E-state index in [4.69, 9.17) is 14.2 Å². The Morgan fingerprint density at radius 3 is 2.67 bits per heavy atom. The number of aromatic nitrogens is 2. The van der Waals surface area contributed by atoms with Gasteiger partial charge in [-0.05, 0) is 31.4 Å². The second-order valence-corrected chi connectivity index (χ2v) is 9.05. The van der Waals surface area contributed by atoms with Crippen LogP contribution in [0.1, 0.15) is 29.8 Å². The van der Waals surface area contributed by atoms with Crippen LogP contribution in [-0.4, -0.2) is 63.0 Å². The lowest BCUT2D eigenvalue weighted by Gasteiger charge is -2.29. The lowest BCUT2D eigenvalue weighted by molar-refractivity contribution is 0.0132. The van der Waals surface area contributed by atoms with Crippen molar-refractivity contribution in [2.45, 2.75) is 35.5 Å². The Hall–Kier alpha value is -2.72. The van der Waals surface area contributed by atoms with Crippen LogP contribution in [0.3, 0.4) is 0 Å². The molecule has 0 bridgehead atoms. The summed E-state index contributed by atoms with van der Waals surface area (Å²) < 4.78 is 41.4. The van der Waals surface area contributed by atoms with Crippen LogP contribution >= 0.6 is 0 Å². The van der Waals surface area contributed by atoms with Gasteiger partial charge in [-0.1, -0.05) is 18.2 Å². The highest BCUT2D eigenvalue weighted by Crippen LogP contribution is 2.27. The molecular formula is C20H25N3O6S. The molecule has 1 N–H and O–H groups in total. The quantitative estimate of drug-likeness (QED) is 0.665. The zero-order valence-electron chi connectivity index (χ0n) is 16.9. The Morgan fingerprint density at radius 2 is 1.97 bits per heavy atom. The highest BCUT2D eigenvalue weighted by Gasteiger charge is 2.33. The van der Waals surface area contributed by atoms with Crippen molar-refractivity contribution in [3.05, 3.63) is 42.1 Å². The molecule has 0 spiro atoms. The molecule has 1 aliphatic rings. The van der Waals surface area contributed by atoms with Gasteiger partial charge in [0.05, 0.1) is 30.5 Å². The van der Waals surface area contributed by atoms with E-state index in [2.05, 4.69) is 15.3 Å². The van der Waals surface area contributed by atoms with Crippen molar-refractivity contribution >= 4 is 15.7 Å². The fraction of sp³-hybridized carbons (Fsp3) is 0.450. The Labute approximate surface area is 175 Å². The number of nitrogens with zero attached hydrogens (tertiary/aromatic N) is 2. The molecule has 3 rings (SSSR count). The van der Waals surface area contributed by atoms with Crippen LogP contribution in [0, 0.1) is 0 Å². The van der Waals surface area contributed by atoms with E-state index in [1.165, 1.54) is 20.3 Å². The van der Waals surface area contributed by atoms with Gasteiger partial charge in [0.15, 0.2) is 9.84 Å². The van der Waals surface area contributed by atoms with E-state index < -0.39 is 21.0 Å². The fourth-order valence-corrected chi connectivity index (χ4v) is 5.08. The number of carbonyl (C=O) groups is 1. The van der Waals surface area contributed by atoms with Crippen molar-refractivity contribution in [2.75, 3.05) is 27.4 Å². The summed E-state index contributed by atoms with van der Waals surface area (Å²) in [5.41, 5.74) is 0.118. The second kappa shape index (κ2) is 9.86. The second-order valence-electron chi connectivity index (χ2n) is 6.82. The van der Waals surface area contributed by atoms with Gasteiger partial charge in [0, 0.05) is 19.2 Å². The standard InChI is InChI=1S/C20H25N3O6S/c1-27-18-13-17(22-20(23-18)28-2)19(24)21-10-8-14-12-16(9-11-29-14)30(25,26)15-6-4-3-5-7-15/h3-7,13-14,16H,8-12H2,1-2H3,(H,21,24)/t14-,16+/m1/s1. The van der Waals surface area contributed by atoms with Gasteiger partial charge in [0.2, 0.25) is 5.88 Å². The topological polar surface area (TPSA) is 117 Å². The van der Waals surface area contributed by atoms with Crippen LogP contribution in [0.25, 0.3) is 0 Å². The van der Waals surface area contributed by atoms with Gasteiger partial charge >= 0.3 is 6.01 Å². The zero-order valence-corrected chi connectivity index (χ0v) is 17.7. The normalized spacial score (nSPS) is 19.1. The third kappa shape index (κ3) is 5.25. The van der Waals surface area contributed by atoms with E-state index in [0.29, 0.717) is 37.3 Å². The van der Waals surface area contributed by atoms with Crippen molar-refractivity contribution < 1.29 is 27.4 Å². The molecule has 1 aromatic heterocycles. The predicted molar refractivity (Wildman–Crippen MR) is 108 cm³/mol. The summed E-state index contributed by atoms with van der Waals surface area (Å²) in [6.45, 7) is 0.686. The Morgan fingerprint density at radius 1 is 1.20 bits per heavy atom. The summed E-state index contributed by atoms with van der Waals surface area (Å²) in [6, 6.07) is 9.90. The van der Waals surface area contributed by atoms with Gasteiger partial charge in [-0.2, -0.15) is 9.97 Å². The van der Waals surface area contributed by atoms with E-state index in [1.54, 1.807) is 30.3 Å². The van der Waals surface area contributed by atoms with E-state index in [0.717, 1.165) is 0 Å². The van der Waals surface area contributed by atoms with Gasteiger partial charge in [-0.3, -0.25) is 4.79 Å². The summed E-state index contributed by atoms with van der Waals surface area (Å²) in [4.78, 5) is 20.7. The molecule has 0 aliphatic carbocycles. The molecule has 2 heterocycles. The molecule has 30 heavy (non-hydrogen) atoms. The minimum absolute atomic E-state index is 0.0316. The molecule has 10 heteroatoms. The number of sulfone groups is 1. The van der Waals surface area contributed by atoms with Crippen LogP contribution in [0.5, 0.6) is 11.9 Å². The number of hydrogen-bond donors (Lipinski definition) is 1. The third-order valence-corrected chi connectivity index (χ3v) is 7.12. The molecule has 1 aromatic carbocycles. The summed E-state index contributed by atoms with van der Waals surface area (Å²) in [7, 11) is -0.573. The molecule has 1 amide bonds. The summed E-state index contributed by atoms with van der Waals surface area (Å²) in [6.07, 6.45) is 1.09. The van der Waals surface area contributed by atoms with E-state index >= 15 is 0 Å². The van der Waals surface area contributed by atoms with E-state index in [1.807, 2.05) is 0 Å². The van der Waals surface area contributed by atoms with Crippen molar-refractivity contribution in [3.8, 4) is 11.9 Å². The number of benzene rings is 1. The summed E-state index contributed by atoms with van der Waals surface area (Å²) in [5, 5.41) is 2.27. The molecule has 1 aliphatic heterocycles. The first kappa shape index (κ1) is 22.0. The number of nitrogens with one attached hydrogen (secondary N) is 1. The maximum atomic E-state index is 12.9. The van der Waals surface area contributed by atoms with Gasteiger partial charge < -0.3 is 19.5 Å². The Kier molecular flexibility index (Phi) is 7.22. The first-order valence-electron chi connectivity index (χ1n) is 9.60. The van der Waals surface area contributed by atoms with Crippen molar-refractivity contribution in [2.24, 2.45) is 0 Å². The lowest BCUT2D eigenvalue weighted by atomic mass is 10.1. The summed E-state index contributed by atoms with van der Waals surface area (Å²) >= 11 is 0. The molecule has 0 radical (unpaired) electrons. The van der Waals surface area contributed by atoms with E-state index in [9.17, 15) is 13.2 Å². The first-order chi connectivity index (χ1) is 14.4.